The highest BCUT2D eigenvalue weighted by Crippen LogP contribution is 2.22. The highest BCUT2D eigenvalue weighted by atomic mass is 32.2. The number of thioether (sulfide) groups is 1. The molecule has 5 nitrogen and oxygen atoms in total. The molecule has 1 aromatic rings. The predicted octanol–water partition coefficient (Wildman–Crippen LogP) is 0.834. The quantitative estimate of drug-likeness (QED) is 0.771. The van der Waals surface area contributed by atoms with Crippen LogP contribution >= 0.6 is 11.8 Å². The van der Waals surface area contributed by atoms with Crippen LogP contribution in [0.3, 0.4) is 0 Å². The maximum Gasteiger partial charge on any atom is 0.276 e. The molecule has 0 aliphatic carbocycles. The molecular weight excluding hydrogens is 214 g/mol. The van der Waals surface area contributed by atoms with Crippen molar-refractivity contribution >= 4 is 11.8 Å². The van der Waals surface area contributed by atoms with Crippen molar-refractivity contribution in [3.63, 3.8) is 0 Å². The van der Waals surface area contributed by atoms with Crippen molar-refractivity contribution in [3.05, 3.63) is 5.89 Å². The average molecular weight is 229 g/mol. The average Bonchev–Trinajstić information content (AvgIpc) is 2.84. The van der Waals surface area contributed by atoms with E-state index in [4.69, 9.17) is 14.9 Å². The van der Waals surface area contributed by atoms with Crippen LogP contribution in [0.1, 0.15) is 12.3 Å². The van der Waals surface area contributed by atoms with E-state index >= 15 is 0 Å². The van der Waals surface area contributed by atoms with Gasteiger partial charge in [0.25, 0.3) is 5.22 Å². The van der Waals surface area contributed by atoms with E-state index < -0.39 is 0 Å². The summed E-state index contributed by atoms with van der Waals surface area (Å²) < 4.78 is 10.5. The van der Waals surface area contributed by atoms with Gasteiger partial charge in [-0.3, -0.25) is 0 Å². The van der Waals surface area contributed by atoms with Gasteiger partial charge in [-0.05, 0) is 6.42 Å². The Kier molecular flexibility index (Phi) is 3.61. The van der Waals surface area contributed by atoms with Crippen LogP contribution in [0, 0.1) is 12.8 Å². The van der Waals surface area contributed by atoms with E-state index in [1.807, 2.05) is 0 Å². The molecule has 2 unspecified atom stereocenters. The van der Waals surface area contributed by atoms with E-state index in [0.717, 1.165) is 25.4 Å². The molecule has 2 atom stereocenters. The molecule has 6 heteroatoms. The van der Waals surface area contributed by atoms with Gasteiger partial charge < -0.3 is 14.9 Å². The zero-order valence-corrected chi connectivity index (χ0v) is 9.50. The summed E-state index contributed by atoms with van der Waals surface area (Å²) >= 11 is 1.52. The molecule has 1 aliphatic heterocycles. The van der Waals surface area contributed by atoms with Crippen LogP contribution in [-0.4, -0.2) is 35.2 Å². The number of hydrogen-bond acceptors (Lipinski definition) is 6. The first kappa shape index (κ1) is 10.9. The van der Waals surface area contributed by atoms with Crippen molar-refractivity contribution in [2.45, 2.75) is 24.6 Å². The number of rotatable bonds is 4. The molecule has 1 aliphatic rings. The van der Waals surface area contributed by atoms with Gasteiger partial charge in [-0.15, -0.1) is 10.2 Å². The lowest BCUT2D eigenvalue weighted by Gasteiger charge is -2.15. The smallest absolute Gasteiger partial charge is 0.276 e. The molecule has 2 N–H and O–H groups in total. The monoisotopic (exact) mass is 229 g/mol. The fraction of sp³-hybridized carbons (Fsp3) is 0.778. The summed E-state index contributed by atoms with van der Waals surface area (Å²) in [4.78, 5) is 0. The lowest BCUT2D eigenvalue weighted by molar-refractivity contribution is 0.182. The van der Waals surface area contributed by atoms with Crippen LogP contribution in [0.15, 0.2) is 9.64 Å². The Morgan fingerprint density at radius 1 is 1.60 bits per heavy atom. The van der Waals surface area contributed by atoms with Gasteiger partial charge in [0.15, 0.2) is 0 Å². The minimum absolute atomic E-state index is 0.143. The number of nitrogens with two attached hydrogens (primary N) is 1. The van der Waals surface area contributed by atoms with E-state index in [-0.39, 0.29) is 6.04 Å². The third-order valence-corrected chi connectivity index (χ3v) is 3.44. The standard InChI is InChI=1S/C9H15N3O2S/c1-6-11-12-9(14-6)15-5-8(10)7-2-3-13-4-7/h7-8H,2-5,10H2,1H3. The van der Waals surface area contributed by atoms with E-state index in [9.17, 15) is 0 Å². The van der Waals surface area contributed by atoms with Gasteiger partial charge in [0, 0.05) is 31.2 Å². The minimum Gasteiger partial charge on any atom is -0.416 e. The van der Waals surface area contributed by atoms with Crippen LogP contribution in [0.4, 0.5) is 0 Å². The lowest BCUT2D eigenvalue weighted by atomic mass is 10.0. The topological polar surface area (TPSA) is 74.2 Å². The Bertz CT molecular complexity index is 312. The molecule has 15 heavy (non-hydrogen) atoms. The third kappa shape index (κ3) is 2.93. The predicted molar refractivity (Wildman–Crippen MR) is 56.7 cm³/mol. The van der Waals surface area contributed by atoms with Crippen molar-refractivity contribution in [1.29, 1.82) is 0 Å². The van der Waals surface area contributed by atoms with Gasteiger partial charge in [0.2, 0.25) is 5.89 Å². The van der Waals surface area contributed by atoms with Gasteiger partial charge in [-0.25, -0.2) is 0 Å². The van der Waals surface area contributed by atoms with Gasteiger partial charge >= 0.3 is 0 Å². The summed E-state index contributed by atoms with van der Waals surface area (Å²) in [5.41, 5.74) is 6.04. The zero-order valence-electron chi connectivity index (χ0n) is 8.68. The second-order valence-electron chi connectivity index (χ2n) is 3.69. The number of aromatic nitrogens is 2. The maximum atomic E-state index is 6.04. The Labute approximate surface area is 92.8 Å². The summed E-state index contributed by atoms with van der Waals surface area (Å²) in [6.07, 6.45) is 1.06. The van der Waals surface area contributed by atoms with Crippen molar-refractivity contribution in [3.8, 4) is 0 Å². The Morgan fingerprint density at radius 3 is 3.07 bits per heavy atom. The highest BCUT2D eigenvalue weighted by Gasteiger charge is 2.23. The summed E-state index contributed by atoms with van der Waals surface area (Å²) in [5, 5.41) is 8.26. The SMILES string of the molecule is Cc1nnc(SCC(N)C2CCOC2)o1. The Morgan fingerprint density at radius 2 is 2.47 bits per heavy atom. The van der Waals surface area contributed by atoms with Crippen molar-refractivity contribution < 1.29 is 9.15 Å². The van der Waals surface area contributed by atoms with Crippen LogP contribution in [0.2, 0.25) is 0 Å². The van der Waals surface area contributed by atoms with Gasteiger partial charge in [-0.1, -0.05) is 11.8 Å². The maximum absolute atomic E-state index is 6.04. The summed E-state index contributed by atoms with van der Waals surface area (Å²) in [6, 6.07) is 0.143. The van der Waals surface area contributed by atoms with E-state index in [2.05, 4.69) is 10.2 Å². The molecule has 1 aromatic heterocycles. The normalized spacial score (nSPS) is 23.2. The zero-order chi connectivity index (χ0) is 10.7. The van der Waals surface area contributed by atoms with Gasteiger partial charge in [-0.2, -0.15) is 0 Å². The molecule has 2 rings (SSSR count). The van der Waals surface area contributed by atoms with Crippen LogP contribution in [-0.2, 0) is 4.74 Å². The first-order chi connectivity index (χ1) is 7.25. The molecule has 1 saturated heterocycles. The molecule has 0 aromatic carbocycles. The minimum atomic E-state index is 0.143. The second kappa shape index (κ2) is 4.96. The molecule has 2 heterocycles. The molecule has 0 bridgehead atoms. The van der Waals surface area contributed by atoms with Crippen LogP contribution in [0.25, 0.3) is 0 Å². The van der Waals surface area contributed by atoms with E-state index in [1.165, 1.54) is 11.8 Å². The molecule has 0 radical (unpaired) electrons. The largest absolute Gasteiger partial charge is 0.416 e. The van der Waals surface area contributed by atoms with Crippen molar-refractivity contribution in [2.24, 2.45) is 11.7 Å². The molecule has 0 spiro atoms. The van der Waals surface area contributed by atoms with Crippen molar-refractivity contribution in [2.75, 3.05) is 19.0 Å². The highest BCUT2D eigenvalue weighted by molar-refractivity contribution is 7.99. The summed E-state index contributed by atoms with van der Waals surface area (Å²) in [5.74, 6) is 1.87. The first-order valence-corrected chi connectivity index (χ1v) is 6.00. The molecule has 1 fully saturated rings. The summed E-state index contributed by atoms with van der Waals surface area (Å²) in [6.45, 7) is 3.40. The number of aryl methyl sites for hydroxylation is 1. The van der Waals surface area contributed by atoms with Crippen LogP contribution < -0.4 is 5.73 Å². The van der Waals surface area contributed by atoms with E-state index in [1.54, 1.807) is 6.92 Å². The lowest BCUT2D eigenvalue weighted by Crippen LogP contribution is -2.32. The molecular formula is C9H15N3O2S. The van der Waals surface area contributed by atoms with Crippen molar-refractivity contribution in [1.82, 2.24) is 10.2 Å². The van der Waals surface area contributed by atoms with E-state index in [0.29, 0.717) is 17.0 Å². The Balaban J connectivity index is 1.77. The fourth-order valence-corrected chi connectivity index (χ4v) is 2.42. The number of ether oxygens (including phenoxy) is 1. The number of hydrogen-bond donors (Lipinski definition) is 1. The molecule has 84 valence electrons. The first-order valence-electron chi connectivity index (χ1n) is 5.02. The van der Waals surface area contributed by atoms with Gasteiger partial charge in [0.1, 0.15) is 0 Å². The second-order valence-corrected chi connectivity index (χ2v) is 4.66. The Hall–Kier alpha value is -0.590. The van der Waals surface area contributed by atoms with Gasteiger partial charge in [0.05, 0.1) is 6.61 Å². The third-order valence-electron chi connectivity index (χ3n) is 2.48. The van der Waals surface area contributed by atoms with Crippen LogP contribution in [0.5, 0.6) is 0 Å². The summed E-state index contributed by atoms with van der Waals surface area (Å²) in [7, 11) is 0. The number of nitrogens with zero attached hydrogens (tertiary/aromatic N) is 2. The molecule has 0 amide bonds. The molecule has 0 saturated carbocycles. The fourth-order valence-electron chi connectivity index (χ4n) is 1.53.